The third-order valence-corrected chi connectivity index (χ3v) is 5.96. The summed E-state index contributed by atoms with van der Waals surface area (Å²) < 4.78 is 49.6. The highest BCUT2D eigenvalue weighted by atomic mass is 19.4. The summed E-state index contributed by atoms with van der Waals surface area (Å²) in [7, 11) is 0. The summed E-state index contributed by atoms with van der Waals surface area (Å²) in [5, 5.41) is 19.3. The van der Waals surface area contributed by atoms with E-state index < -0.39 is 24.2 Å². The molecule has 2 aliphatic heterocycles. The topological polar surface area (TPSA) is 99.9 Å². The van der Waals surface area contributed by atoms with E-state index in [2.05, 4.69) is 4.74 Å². The molecule has 3 heterocycles. The fourth-order valence-corrected chi connectivity index (χ4v) is 4.23. The summed E-state index contributed by atoms with van der Waals surface area (Å²) in [5.41, 5.74) is 1.01. The third kappa shape index (κ3) is 6.03. The van der Waals surface area contributed by atoms with Crippen LogP contribution >= 0.6 is 0 Å². The van der Waals surface area contributed by atoms with E-state index in [1.165, 1.54) is 23.1 Å². The number of carbonyl (C=O) groups is 1. The van der Waals surface area contributed by atoms with Gasteiger partial charge in [0.25, 0.3) is 0 Å². The number of rotatable bonds is 5. The molecular weight excluding hydrogens is 473 g/mol. The number of halogens is 3. The average molecular weight is 500 g/mol. The lowest BCUT2D eigenvalue weighted by Crippen LogP contribution is -2.55. The lowest BCUT2D eigenvalue weighted by Gasteiger charge is -2.39. The molecule has 2 aliphatic rings. The molecular formula is C22H27F3N4O6. The molecule has 4 rings (SSSR count). The molecule has 0 unspecified atom stereocenters. The Kier molecular flexibility index (Phi) is 7.17. The van der Waals surface area contributed by atoms with Gasteiger partial charge in [-0.05, 0) is 13.0 Å². The van der Waals surface area contributed by atoms with Crippen molar-refractivity contribution in [2.45, 2.75) is 25.9 Å². The number of carbonyl (C=O) groups excluding carboxylic acids is 1. The Morgan fingerprint density at radius 2 is 1.77 bits per heavy atom. The molecule has 1 aromatic heterocycles. The summed E-state index contributed by atoms with van der Waals surface area (Å²) in [5.74, 6) is -1.12. The molecule has 0 radical (unpaired) electrons. The van der Waals surface area contributed by atoms with Crippen LogP contribution in [0.5, 0.6) is 17.5 Å². The number of hydrogen-bond donors (Lipinski definition) is 2. The molecule has 1 aromatic carbocycles. The maximum absolute atomic E-state index is 13.1. The van der Waals surface area contributed by atoms with Crippen LogP contribution in [0.4, 0.5) is 23.7 Å². The number of aromatic hydroxyl groups is 2. The number of nitrogens with zero attached hydrogens (tertiary/aromatic N) is 4. The first-order valence-corrected chi connectivity index (χ1v) is 11.1. The Hall–Kier alpha value is -3.32. The van der Waals surface area contributed by atoms with Gasteiger partial charge in [-0.3, -0.25) is 4.90 Å². The Labute approximate surface area is 199 Å². The zero-order valence-corrected chi connectivity index (χ0v) is 19.1. The van der Waals surface area contributed by atoms with Gasteiger partial charge in [0.05, 0.1) is 13.2 Å². The molecule has 2 N–H and O–H groups in total. The largest absolute Gasteiger partial charge is 0.573 e. The molecule has 1 atom stereocenters. The molecule has 0 spiro atoms. The fraction of sp³-hybridized carbons (Fsp3) is 0.500. The first-order chi connectivity index (χ1) is 16.6. The highest BCUT2D eigenvalue weighted by molar-refractivity contribution is 5.68. The first kappa shape index (κ1) is 24.8. The number of ether oxygens (including phenoxy) is 2. The monoisotopic (exact) mass is 500 g/mol. The van der Waals surface area contributed by atoms with Crippen LogP contribution in [0.15, 0.2) is 30.3 Å². The molecule has 35 heavy (non-hydrogen) atoms. The summed E-state index contributed by atoms with van der Waals surface area (Å²) >= 11 is 0. The van der Waals surface area contributed by atoms with Gasteiger partial charge < -0.3 is 34.3 Å². The SMILES string of the molecule is C[C@@H]1CN(Cc2ccc(N3CCOCC3)cc2OC(F)(F)F)CCN1C(=O)On1c(O)ccc1O. The minimum absolute atomic E-state index is 0.196. The summed E-state index contributed by atoms with van der Waals surface area (Å²) in [6.07, 6.45) is -5.60. The standard InChI is InChI=1S/C22H27F3N4O6/c1-15-13-26(6-7-28(15)21(32)35-29-19(30)4-5-20(29)31)14-16-2-3-17(27-8-10-33-11-9-27)12-18(16)34-22(23,24)25/h2-5,12,15,30-31H,6-11,13-14H2,1H3/t15-/m1/s1. The van der Waals surface area contributed by atoms with Crippen molar-refractivity contribution in [2.24, 2.45) is 0 Å². The summed E-state index contributed by atoms with van der Waals surface area (Å²) in [6, 6.07) is 6.83. The molecule has 1 amide bonds. The first-order valence-electron chi connectivity index (χ1n) is 11.1. The van der Waals surface area contributed by atoms with Crippen LogP contribution in [-0.4, -0.2) is 89.2 Å². The second-order valence-corrected chi connectivity index (χ2v) is 8.42. The number of piperazine rings is 1. The number of benzene rings is 1. The number of alkyl halides is 3. The molecule has 13 heteroatoms. The van der Waals surface area contributed by atoms with Gasteiger partial charge in [-0.1, -0.05) is 6.07 Å². The minimum atomic E-state index is -4.83. The Bertz CT molecular complexity index is 1020. The number of hydrogen-bond acceptors (Lipinski definition) is 8. The zero-order chi connectivity index (χ0) is 25.2. The second-order valence-electron chi connectivity index (χ2n) is 8.42. The van der Waals surface area contributed by atoms with Crippen LogP contribution in [0.1, 0.15) is 12.5 Å². The molecule has 0 saturated carbocycles. The van der Waals surface area contributed by atoms with E-state index in [0.29, 0.717) is 55.4 Å². The highest BCUT2D eigenvalue weighted by Crippen LogP contribution is 2.32. The van der Waals surface area contributed by atoms with E-state index in [1.54, 1.807) is 19.1 Å². The smallest absolute Gasteiger partial charge is 0.492 e. The molecule has 0 aliphatic carbocycles. The molecule has 2 saturated heterocycles. The van der Waals surface area contributed by atoms with Crippen molar-refractivity contribution in [3.8, 4) is 17.5 Å². The number of amides is 1. The number of anilines is 1. The third-order valence-electron chi connectivity index (χ3n) is 5.96. The van der Waals surface area contributed by atoms with Crippen LogP contribution in [0.25, 0.3) is 0 Å². The number of morpholine rings is 1. The second kappa shape index (κ2) is 10.1. The average Bonchev–Trinajstić information content (AvgIpc) is 3.12. The van der Waals surface area contributed by atoms with E-state index in [0.717, 1.165) is 0 Å². The van der Waals surface area contributed by atoms with Crippen molar-refractivity contribution in [3.05, 3.63) is 35.9 Å². The summed E-state index contributed by atoms with van der Waals surface area (Å²) in [4.78, 5) is 22.9. The van der Waals surface area contributed by atoms with Gasteiger partial charge in [-0.25, -0.2) is 4.79 Å². The Balaban J connectivity index is 1.43. The van der Waals surface area contributed by atoms with Gasteiger partial charge in [0.15, 0.2) is 0 Å². The molecule has 2 aromatic rings. The predicted octanol–water partition coefficient (Wildman–Crippen LogP) is 2.39. The van der Waals surface area contributed by atoms with Gasteiger partial charge in [0, 0.05) is 74.8 Å². The molecule has 2 fully saturated rings. The maximum atomic E-state index is 13.1. The Morgan fingerprint density at radius 1 is 1.09 bits per heavy atom. The van der Waals surface area contributed by atoms with Crippen molar-refractivity contribution in [2.75, 3.05) is 50.8 Å². The Morgan fingerprint density at radius 3 is 2.40 bits per heavy atom. The lowest BCUT2D eigenvalue weighted by molar-refractivity contribution is -0.275. The zero-order valence-electron chi connectivity index (χ0n) is 19.1. The van der Waals surface area contributed by atoms with Gasteiger partial charge in [0.2, 0.25) is 11.8 Å². The van der Waals surface area contributed by atoms with Crippen molar-refractivity contribution < 1.29 is 42.5 Å². The van der Waals surface area contributed by atoms with Crippen molar-refractivity contribution in [1.82, 2.24) is 14.5 Å². The van der Waals surface area contributed by atoms with Gasteiger partial charge in [-0.2, -0.15) is 0 Å². The van der Waals surface area contributed by atoms with Gasteiger partial charge >= 0.3 is 12.5 Å². The van der Waals surface area contributed by atoms with E-state index in [9.17, 15) is 28.2 Å². The summed E-state index contributed by atoms with van der Waals surface area (Å²) in [6.45, 7) is 5.13. The normalized spacial score (nSPS) is 19.6. The number of aromatic nitrogens is 1. The van der Waals surface area contributed by atoms with Crippen LogP contribution in [0.2, 0.25) is 0 Å². The minimum Gasteiger partial charge on any atom is -0.492 e. The van der Waals surface area contributed by atoms with Crippen LogP contribution in [0, 0.1) is 0 Å². The van der Waals surface area contributed by atoms with Crippen LogP contribution in [0.3, 0.4) is 0 Å². The van der Waals surface area contributed by atoms with E-state index in [-0.39, 0.29) is 24.9 Å². The quantitative estimate of drug-likeness (QED) is 0.646. The predicted molar refractivity (Wildman–Crippen MR) is 117 cm³/mol. The fourth-order valence-electron chi connectivity index (χ4n) is 4.23. The highest BCUT2D eigenvalue weighted by Gasteiger charge is 2.34. The van der Waals surface area contributed by atoms with E-state index >= 15 is 0 Å². The molecule has 0 bridgehead atoms. The molecule has 192 valence electrons. The van der Waals surface area contributed by atoms with E-state index in [4.69, 9.17) is 9.57 Å². The van der Waals surface area contributed by atoms with Gasteiger partial charge in [-0.15, -0.1) is 17.9 Å². The molecule has 10 nitrogen and oxygen atoms in total. The van der Waals surface area contributed by atoms with Gasteiger partial charge in [0.1, 0.15) is 5.75 Å². The van der Waals surface area contributed by atoms with E-state index in [1.807, 2.05) is 9.80 Å². The van der Waals surface area contributed by atoms with Crippen LogP contribution < -0.4 is 14.5 Å². The van der Waals surface area contributed by atoms with Crippen molar-refractivity contribution in [1.29, 1.82) is 0 Å². The lowest BCUT2D eigenvalue weighted by atomic mass is 10.1. The van der Waals surface area contributed by atoms with Crippen molar-refractivity contribution in [3.63, 3.8) is 0 Å². The van der Waals surface area contributed by atoms with Crippen molar-refractivity contribution >= 4 is 11.8 Å². The van der Waals surface area contributed by atoms with Crippen LogP contribution in [-0.2, 0) is 11.3 Å². The maximum Gasteiger partial charge on any atom is 0.573 e.